The van der Waals surface area contributed by atoms with Crippen molar-refractivity contribution in [1.29, 1.82) is 0 Å². The summed E-state index contributed by atoms with van der Waals surface area (Å²) in [5.74, 6) is -0.759. The fourth-order valence-corrected chi connectivity index (χ4v) is 13.1. The Morgan fingerprint density at radius 2 is 1.47 bits per heavy atom. The van der Waals surface area contributed by atoms with E-state index in [0.717, 1.165) is 24.0 Å². The summed E-state index contributed by atoms with van der Waals surface area (Å²) in [6.45, 7) is 13.1. The van der Waals surface area contributed by atoms with Gasteiger partial charge in [0.1, 0.15) is 0 Å². The van der Waals surface area contributed by atoms with Crippen LogP contribution in [0.5, 0.6) is 0 Å². The van der Waals surface area contributed by atoms with Crippen molar-refractivity contribution in [2.45, 2.75) is 70.0 Å². The Hall–Kier alpha value is -3.68. The molecular formula is C43H47Cl2NO4Si. The highest BCUT2D eigenvalue weighted by Gasteiger charge is 2.57. The third-order valence-corrected chi connectivity index (χ3v) is 16.5. The first-order chi connectivity index (χ1) is 24.3. The fourth-order valence-electron chi connectivity index (χ4n) is 8.19. The molecule has 0 bridgehead atoms. The number of esters is 1. The smallest absolute Gasteiger partial charge is 0.334 e. The molecule has 4 aromatic carbocycles. The van der Waals surface area contributed by atoms with Crippen LogP contribution in [0.15, 0.2) is 121 Å². The van der Waals surface area contributed by atoms with E-state index in [1.807, 2.05) is 66.4 Å². The second-order valence-electron chi connectivity index (χ2n) is 15.3. The summed E-state index contributed by atoms with van der Waals surface area (Å²) in [5, 5.41) is 3.33. The summed E-state index contributed by atoms with van der Waals surface area (Å²) < 4.78 is 12.8. The summed E-state index contributed by atoms with van der Waals surface area (Å²) in [6.07, 6.45) is 2.29. The Kier molecular flexibility index (Phi) is 10.7. The highest BCUT2D eigenvalue weighted by Crippen LogP contribution is 2.55. The fraction of sp³-hybridized carbons (Fsp3) is 0.349. The topological polar surface area (TPSA) is 55.8 Å². The average Bonchev–Trinajstić information content (AvgIpc) is 3.97. The Bertz CT molecular complexity index is 1830. The van der Waals surface area contributed by atoms with E-state index in [4.69, 9.17) is 32.4 Å². The molecule has 0 spiro atoms. The molecule has 1 saturated heterocycles. The van der Waals surface area contributed by atoms with E-state index in [9.17, 15) is 4.79 Å². The van der Waals surface area contributed by atoms with Crippen molar-refractivity contribution in [2.75, 3.05) is 13.7 Å². The highest BCUT2D eigenvalue weighted by atomic mass is 35.5. The first-order valence-corrected chi connectivity index (χ1v) is 20.3. The van der Waals surface area contributed by atoms with Gasteiger partial charge in [0.2, 0.25) is 5.91 Å². The molecule has 4 aromatic rings. The predicted molar refractivity (Wildman–Crippen MR) is 209 cm³/mol. The molecule has 4 atom stereocenters. The quantitative estimate of drug-likeness (QED) is 0.0875. The van der Waals surface area contributed by atoms with Crippen molar-refractivity contribution in [3.63, 3.8) is 0 Å². The maximum atomic E-state index is 15.4. The van der Waals surface area contributed by atoms with Gasteiger partial charge in [0.25, 0.3) is 8.32 Å². The molecule has 1 saturated carbocycles. The lowest BCUT2D eigenvalue weighted by Crippen LogP contribution is -2.68. The predicted octanol–water partition coefficient (Wildman–Crippen LogP) is 9.14. The average molecular weight is 741 g/mol. The molecular weight excluding hydrogens is 693 g/mol. The van der Waals surface area contributed by atoms with Crippen LogP contribution in [0, 0.1) is 11.3 Å². The normalized spacial score (nSPS) is 21.6. The van der Waals surface area contributed by atoms with Crippen LogP contribution < -0.4 is 10.4 Å². The van der Waals surface area contributed by atoms with Crippen LogP contribution in [0.2, 0.25) is 15.1 Å². The number of carbonyl (C=O) groups excluding carboxylic acids is 2. The van der Waals surface area contributed by atoms with Crippen molar-refractivity contribution in [3.8, 4) is 0 Å². The van der Waals surface area contributed by atoms with Crippen LogP contribution in [0.1, 0.15) is 70.0 Å². The Balaban J connectivity index is 1.54. The van der Waals surface area contributed by atoms with E-state index in [1.54, 1.807) is 0 Å². The van der Waals surface area contributed by atoms with Gasteiger partial charge in [0, 0.05) is 21.5 Å². The molecule has 0 aromatic heterocycles. The number of methoxy groups -OCH3 is 1. The van der Waals surface area contributed by atoms with Crippen LogP contribution >= 0.6 is 23.2 Å². The third-order valence-electron chi connectivity index (χ3n) is 11.0. The van der Waals surface area contributed by atoms with Crippen molar-refractivity contribution >= 4 is 53.8 Å². The van der Waals surface area contributed by atoms with Crippen LogP contribution in [0.4, 0.5) is 0 Å². The number of likely N-dealkylation sites (tertiary alicyclic amines) is 1. The molecule has 1 aliphatic carbocycles. The SMILES string of the molecule is C=C(C(=O)OC)[C@]1(C)C[C@H](c2cccc(Cl)c2)[C@@H](c2ccc(Cl)cc2)N([C@H](CO[Si](c2ccccc2)(c2ccccc2)C(C)(C)C)C2CC2)C1=O. The van der Waals surface area contributed by atoms with E-state index >= 15 is 4.79 Å². The maximum Gasteiger partial charge on any atom is 0.334 e. The molecule has 0 N–H and O–H groups in total. The van der Waals surface area contributed by atoms with Gasteiger partial charge < -0.3 is 14.1 Å². The van der Waals surface area contributed by atoms with Crippen molar-refractivity contribution < 1.29 is 18.8 Å². The summed E-state index contributed by atoms with van der Waals surface area (Å²) in [7, 11) is -1.63. The summed E-state index contributed by atoms with van der Waals surface area (Å²) in [5.41, 5.74) is 0.836. The van der Waals surface area contributed by atoms with Crippen molar-refractivity contribution in [2.24, 2.45) is 11.3 Å². The number of nitrogens with zero attached hydrogens (tertiary/aromatic N) is 1. The molecule has 8 heteroatoms. The molecule has 1 amide bonds. The van der Waals surface area contributed by atoms with Crippen molar-refractivity contribution in [3.05, 3.63) is 143 Å². The van der Waals surface area contributed by atoms with E-state index in [0.29, 0.717) is 23.1 Å². The zero-order chi connectivity index (χ0) is 36.6. The first-order valence-electron chi connectivity index (χ1n) is 17.7. The van der Waals surface area contributed by atoms with Gasteiger partial charge in [-0.2, -0.15) is 0 Å². The lowest BCUT2D eigenvalue weighted by molar-refractivity contribution is -0.157. The van der Waals surface area contributed by atoms with E-state index < -0.39 is 19.7 Å². The number of hydrogen-bond acceptors (Lipinski definition) is 4. The molecule has 1 heterocycles. The molecule has 6 rings (SSSR count). The number of benzene rings is 4. The molecule has 266 valence electrons. The van der Waals surface area contributed by atoms with Gasteiger partial charge in [-0.3, -0.25) is 4.79 Å². The summed E-state index contributed by atoms with van der Waals surface area (Å²) in [4.78, 5) is 30.6. The molecule has 5 nitrogen and oxygen atoms in total. The van der Waals surface area contributed by atoms with Gasteiger partial charge in [-0.05, 0) is 82.9 Å². The van der Waals surface area contributed by atoms with Gasteiger partial charge >= 0.3 is 5.97 Å². The van der Waals surface area contributed by atoms with E-state index in [1.165, 1.54) is 17.5 Å². The number of piperidine rings is 1. The monoisotopic (exact) mass is 739 g/mol. The number of amides is 1. The van der Waals surface area contributed by atoms with Crippen molar-refractivity contribution in [1.82, 2.24) is 4.90 Å². The Morgan fingerprint density at radius 1 is 0.882 bits per heavy atom. The molecule has 2 aliphatic rings. The zero-order valence-electron chi connectivity index (χ0n) is 30.1. The summed E-state index contributed by atoms with van der Waals surface area (Å²) in [6, 6.07) is 36.1. The molecule has 0 unspecified atom stereocenters. The van der Waals surface area contributed by atoms with Crippen LogP contribution in [0.3, 0.4) is 0 Å². The molecule has 51 heavy (non-hydrogen) atoms. The maximum absolute atomic E-state index is 15.4. The minimum atomic E-state index is -2.96. The lowest BCUT2D eigenvalue weighted by atomic mass is 9.65. The molecule has 2 fully saturated rings. The van der Waals surface area contributed by atoms with Crippen LogP contribution in [-0.2, 0) is 18.8 Å². The number of halogens is 2. The van der Waals surface area contributed by atoms with E-state index in [2.05, 4.69) is 81.9 Å². The second-order valence-corrected chi connectivity index (χ2v) is 20.4. The first kappa shape index (κ1) is 37.1. The minimum Gasteiger partial charge on any atom is -0.466 e. The number of ether oxygens (including phenoxy) is 1. The minimum absolute atomic E-state index is 0.143. The Labute approximate surface area is 313 Å². The number of rotatable bonds is 11. The lowest BCUT2D eigenvalue weighted by Gasteiger charge is -2.53. The highest BCUT2D eigenvalue weighted by molar-refractivity contribution is 6.99. The number of carbonyl (C=O) groups is 2. The van der Waals surface area contributed by atoms with Gasteiger partial charge in [-0.25, -0.2) is 4.79 Å². The largest absolute Gasteiger partial charge is 0.466 e. The van der Waals surface area contributed by atoms with E-state index in [-0.39, 0.29) is 40.4 Å². The van der Waals surface area contributed by atoms with Gasteiger partial charge in [-0.15, -0.1) is 0 Å². The van der Waals surface area contributed by atoms with Gasteiger partial charge in [0.15, 0.2) is 0 Å². The second kappa shape index (κ2) is 14.7. The zero-order valence-corrected chi connectivity index (χ0v) is 32.6. The summed E-state index contributed by atoms with van der Waals surface area (Å²) >= 11 is 13.1. The third kappa shape index (κ3) is 7.08. The van der Waals surface area contributed by atoms with Crippen LogP contribution in [-0.4, -0.2) is 44.9 Å². The molecule has 1 aliphatic heterocycles. The number of hydrogen-bond donors (Lipinski definition) is 0. The standard InChI is InChI=1S/C43H47Cl2NO4Si/c1-29(40(47)49-6)43(5)27-37(32-14-13-15-34(45)26-32)39(31-22-24-33(44)25-23-31)46(41(43)48)38(30-20-21-30)28-50-51(42(2,3)4,35-16-9-7-10-17-35)36-18-11-8-12-19-36/h7-19,22-26,30,37-39H,1,20-21,27-28H2,2-6H3/t37-,38-,39-,43+/m1/s1. The molecule has 0 radical (unpaired) electrons. The van der Waals surface area contributed by atoms with Gasteiger partial charge in [0.05, 0.1) is 31.2 Å². The Morgan fingerprint density at radius 3 is 1.98 bits per heavy atom. The van der Waals surface area contributed by atoms with Gasteiger partial charge in [-0.1, -0.05) is 135 Å². The van der Waals surface area contributed by atoms with Crippen LogP contribution in [0.25, 0.3) is 0 Å².